The molecule has 200 valence electrons. The number of carbonyl (C=O) groups is 1. The van der Waals surface area contributed by atoms with Gasteiger partial charge in [0.25, 0.3) is 11.5 Å². The van der Waals surface area contributed by atoms with Crippen LogP contribution in [0.2, 0.25) is 0 Å². The first kappa shape index (κ1) is 27.5. The number of thioether (sulfide) groups is 2. The number of ether oxygens (including phenoxy) is 1. The van der Waals surface area contributed by atoms with E-state index in [4.69, 9.17) is 17.0 Å². The van der Waals surface area contributed by atoms with Gasteiger partial charge in [0, 0.05) is 30.1 Å². The Morgan fingerprint density at radius 3 is 2.49 bits per heavy atom. The number of fused-ring (bicyclic) bond motifs is 1. The highest BCUT2D eigenvalue weighted by molar-refractivity contribution is 8.30. The summed E-state index contributed by atoms with van der Waals surface area (Å²) in [5.41, 5.74) is 2.75. The average molecular weight is 594 g/mol. The van der Waals surface area contributed by atoms with Gasteiger partial charge in [-0.15, -0.1) is 17.9 Å². The molecule has 0 saturated carbocycles. The van der Waals surface area contributed by atoms with Gasteiger partial charge in [-0.1, -0.05) is 72.1 Å². The Kier molecular flexibility index (Phi) is 8.18. The van der Waals surface area contributed by atoms with Gasteiger partial charge < -0.3 is 9.64 Å². The van der Waals surface area contributed by atoms with Crippen LogP contribution in [0.5, 0.6) is 5.75 Å². The molecule has 2 aromatic carbocycles. The first-order chi connectivity index (χ1) is 18.9. The smallest absolute Gasteiger partial charge is 0.269 e. The van der Waals surface area contributed by atoms with E-state index in [9.17, 15) is 9.59 Å². The zero-order valence-electron chi connectivity index (χ0n) is 21.8. The van der Waals surface area contributed by atoms with Crippen molar-refractivity contribution in [1.29, 1.82) is 0 Å². The van der Waals surface area contributed by atoms with Crippen LogP contribution in [0.4, 0.5) is 5.69 Å². The molecule has 39 heavy (non-hydrogen) atoms. The lowest BCUT2D eigenvalue weighted by molar-refractivity contribution is -0.120. The van der Waals surface area contributed by atoms with Crippen LogP contribution in [0.1, 0.15) is 19.4 Å². The second-order valence-electron chi connectivity index (χ2n) is 8.63. The van der Waals surface area contributed by atoms with Crippen molar-refractivity contribution in [2.24, 2.45) is 0 Å². The van der Waals surface area contributed by atoms with Gasteiger partial charge in [-0.25, -0.2) is 0 Å². The van der Waals surface area contributed by atoms with E-state index in [1.807, 2.05) is 49.4 Å². The number of carbonyl (C=O) groups excluding carboxylic acids is 1. The van der Waals surface area contributed by atoms with Crippen LogP contribution in [-0.4, -0.2) is 39.9 Å². The second kappa shape index (κ2) is 11.6. The van der Waals surface area contributed by atoms with Crippen molar-refractivity contribution in [2.75, 3.05) is 25.1 Å². The number of rotatable bonds is 7. The lowest BCUT2D eigenvalue weighted by atomic mass is 10.1. The zero-order valence-corrected chi connectivity index (χ0v) is 25.1. The topological polar surface area (TPSA) is 54.8 Å². The van der Waals surface area contributed by atoms with Crippen molar-refractivity contribution in [1.82, 2.24) is 9.47 Å². The lowest BCUT2D eigenvalue weighted by Gasteiger charge is -2.18. The standard InChI is InChI=1S/C29H27N3O3S4/c1-5-15-32-27(34)25(39-29(32)36)28-31(7-3)26(33)24(38-28)20(18-11-9-8-10-12-18)17-23-30(6-2)21-14-13-19(35-4)16-22(21)37-23/h5,8-14,16-17H,1,6-7,15H2,2-4H3. The van der Waals surface area contributed by atoms with Crippen molar-refractivity contribution in [3.05, 3.63) is 97.4 Å². The van der Waals surface area contributed by atoms with Gasteiger partial charge in [0.15, 0.2) is 0 Å². The quantitative estimate of drug-likeness (QED) is 0.289. The average Bonchev–Trinajstić information content (AvgIpc) is 3.57. The Hall–Kier alpha value is -3.05. The summed E-state index contributed by atoms with van der Waals surface area (Å²) in [5.74, 6) is 0.617. The zero-order chi connectivity index (χ0) is 27.7. The summed E-state index contributed by atoms with van der Waals surface area (Å²) in [5, 5.41) is 1.02. The Balaban J connectivity index is 1.77. The first-order valence-electron chi connectivity index (χ1n) is 12.4. The van der Waals surface area contributed by atoms with Gasteiger partial charge in [-0.05, 0) is 43.7 Å². The Labute approximate surface area is 245 Å². The fourth-order valence-corrected chi connectivity index (χ4v) is 8.39. The van der Waals surface area contributed by atoms with Crippen molar-refractivity contribution in [3.63, 3.8) is 0 Å². The minimum absolute atomic E-state index is 0.118. The molecule has 0 spiro atoms. The molecular weight excluding hydrogens is 567 g/mol. The summed E-state index contributed by atoms with van der Waals surface area (Å²) in [6.45, 7) is 9.32. The van der Waals surface area contributed by atoms with Crippen LogP contribution in [0.3, 0.4) is 0 Å². The summed E-state index contributed by atoms with van der Waals surface area (Å²) in [6, 6.07) is 16.0. The van der Waals surface area contributed by atoms with E-state index in [0.717, 1.165) is 39.0 Å². The predicted molar refractivity (Wildman–Crippen MR) is 168 cm³/mol. The maximum Gasteiger partial charge on any atom is 0.269 e. The molecule has 0 N–H and O–H groups in total. The molecule has 0 bridgehead atoms. The molecule has 3 heterocycles. The molecule has 5 rings (SSSR count). The van der Waals surface area contributed by atoms with E-state index in [1.165, 1.54) is 28.0 Å². The van der Waals surface area contributed by atoms with Crippen LogP contribution in [0, 0.1) is 0 Å². The fraction of sp³-hybridized carbons (Fsp3) is 0.207. The van der Waals surface area contributed by atoms with Gasteiger partial charge in [0.2, 0.25) is 0 Å². The summed E-state index contributed by atoms with van der Waals surface area (Å²) >= 11 is 9.72. The number of benzene rings is 2. The Morgan fingerprint density at radius 2 is 1.82 bits per heavy atom. The fourth-order valence-electron chi connectivity index (χ4n) is 4.52. The molecule has 2 aliphatic rings. The SMILES string of the molecule is C=CCN1C(=O)C(=c2sc(=C(C=C3Sc4cc(OC)ccc4N3CC)c3ccccc3)c(=O)n2CC)SC1=S. The third-order valence-electron chi connectivity index (χ3n) is 6.41. The Morgan fingerprint density at radius 1 is 1.05 bits per heavy atom. The van der Waals surface area contributed by atoms with Gasteiger partial charge in [0.05, 0.1) is 17.8 Å². The summed E-state index contributed by atoms with van der Waals surface area (Å²) in [7, 11) is 1.67. The number of hydrogen-bond acceptors (Lipinski definition) is 8. The monoisotopic (exact) mass is 593 g/mol. The highest BCUT2D eigenvalue weighted by Gasteiger charge is 2.33. The maximum absolute atomic E-state index is 13.9. The first-order valence-corrected chi connectivity index (χ1v) is 15.3. The van der Waals surface area contributed by atoms with Crippen LogP contribution >= 0.6 is 47.1 Å². The molecular formula is C29H27N3O3S4. The number of aromatic nitrogens is 1. The molecule has 1 amide bonds. The molecule has 1 fully saturated rings. The van der Waals surface area contributed by atoms with E-state index in [1.54, 1.807) is 29.5 Å². The van der Waals surface area contributed by atoms with E-state index in [0.29, 0.717) is 31.5 Å². The molecule has 1 aromatic heterocycles. The summed E-state index contributed by atoms with van der Waals surface area (Å²) < 4.78 is 8.82. The minimum Gasteiger partial charge on any atom is -0.497 e. The van der Waals surface area contributed by atoms with E-state index in [-0.39, 0.29) is 11.5 Å². The van der Waals surface area contributed by atoms with E-state index in [2.05, 4.69) is 30.5 Å². The molecule has 6 nitrogen and oxygen atoms in total. The van der Waals surface area contributed by atoms with Crippen molar-refractivity contribution in [2.45, 2.75) is 25.3 Å². The second-order valence-corrected chi connectivity index (χ2v) is 12.3. The summed E-state index contributed by atoms with van der Waals surface area (Å²) in [4.78, 5) is 32.5. The van der Waals surface area contributed by atoms with Gasteiger partial charge in [-0.3, -0.25) is 19.1 Å². The van der Waals surface area contributed by atoms with Crippen LogP contribution in [0.15, 0.2) is 82.0 Å². The van der Waals surface area contributed by atoms with Crippen molar-refractivity contribution < 1.29 is 9.53 Å². The maximum atomic E-state index is 13.9. The molecule has 2 aliphatic heterocycles. The number of thiocarbonyl (C=S) groups is 1. The molecule has 0 atom stereocenters. The number of amides is 1. The van der Waals surface area contributed by atoms with Crippen molar-refractivity contribution >= 4 is 73.5 Å². The van der Waals surface area contributed by atoms with Crippen LogP contribution < -0.4 is 24.4 Å². The predicted octanol–water partition coefficient (Wildman–Crippen LogP) is 4.77. The Bertz CT molecular complexity index is 1690. The van der Waals surface area contributed by atoms with E-state index >= 15 is 0 Å². The van der Waals surface area contributed by atoms with E-state index < -0.39 is 0 Å². The molecule has 0 radical (unpaired) electrons. The number of methoxy groups -OCH3 is 1. The third kappa shape index (κ3) is 5.02. The highest BCUT2D eigenvalue weighted by atomic mass is 32.2. The molecule has 10 heteroatoms. The number of nitrogens with zero attached hydrogens (tertiary/aromatic N) is 3. The van der Waals surface area contributed by atoms with Gasteiger partial charge >= 0.3 is 0 Å². The number of allylic oxidation sites excluding steroid dienone is 1. The van der Waals surface area contributed by atoms with Gasteiger partial charge in [0.1, 0.15) is 24.2 Å². The molecule has 0 unspecified atom stereocenters. The van der Waals surface area contributed by atoms with Gasteiger partial charge in [-0.2, -0.15) is 0 Å². The molecule has 0 aliphatic carbocycles. The number of thiazole rings is 1. The lowest BCUT2D eigenvalue weighted by Crippen LogP contribution is -2.34. The molecule has 3 aromatic rings. The minimum atomic E-state index is -0.188. The molecule has 1 saturated heterocycles. The van der Waals surface area contributed by atoms with Crippen molar-refractivity contribution in [3.8, 4) is 5.75 Å². The van der Waals surface area contributed by atoms with Crippen LogP contribution in [0.25, 0.3) is 10.5 Å². The third-order valence-corrected chi connectivity index (χ3v) is 10.3. The largest absolute Gasteiger partial charge is 0.497 e. The number of anilines is 1. The summed E-state index contributed by atoms with van der Waals surface area (Å²) in [6.07, 6.45) is 3.75. The number of hydrogen-bond donors (Lipinski definition) is 0. The highest BCUT2D eigenvalue weighted by Crippen LogP contribution is 2.47. The van der Waals surface area contributed by atoms with Crippen LogP contribution in [-0.2, 0) is 11.3 Å². The normalized spacial score (nSPS) is 18.2.